The lowest BCUT2D eigenvalue weighted by molar-refractivity contribution is -0.141. The highest BCUT2D eigenvalue weighted by Crippen LogP contribution is 2.30. The van der Waals surface area contributed by atoms with Gasteiger partial charge in [0.15, 0.2) is 11.5 Å². The fourth-order valence-corrected chi connectivity index (χ4v) is 2.54. The lowest BCUT2D eigenvalue weighted by atomic mass is 10.2. The van der Waals surface area contributed by atoms with Crippen LogP contribution < -0.4 is 5.32 Å². The maximum Gasteiger partial charge on any atom is 0.433 e. The quantitative estimate of drug-likeness (QED) is 0.769. The molecule has 136 valence electrons. The molecule has 0 fully saturated rings. The summed E-state index contributed by atoms with van der Waals surface area (Å²) in [5.41, 5.74) is 1.92. The summed E-state index contributed by atoms with van der Waals surface area (Å²) in [6.45, 7) is 4.06. The van der Waals surface area contributed by atoms with Crippen molar-refractivity contribution in [2.24, 2.45) is 7.05 Å². The average molecular weight is 362 g/mol. The van der Waals surface area contributed by atoms with Crippen molar-refractivity contribution in [3.8, 4) is 11.5 Å². The molecule has 0 saturated carbocycles. The maximum absolute atomic E-state index is 13.2. The van der Waals surface area contributed by atoms with Crippen molar-refractivity contribution in [2.45, 2.75) is 26.6 Å². The minimum absolute atomic E-state index is 0.0793. The molecule has 26 heavy (non-hydrogen) atoms. The SMILES string of the molecule is Cc1nn(C)c(C)c1CNc1cc(C(F)(F)F)nc(-c2ccccn2)n1. The average Bonchev–Trinajstić information content (AvgIpc) is 2.85. The van der Waals surface area contributed by atoms with Crippen molar-refractivity contribution in [1.29, 1.82) is 0 Å². The molecule has 0 saturated heterocycles. The number of pyridine rings is 1. The molecular formula is C17H17F3N6. The smallest absolute Gasteiger partial charge is 0.366 e. The molecule has 0 aliphatic heterocycles. The van der Waals surface area contributed by atoms with Gasteiger partial charge < -0.3 is 5.32 Å². The molecule has 0 aliphatic rings. The van der Waals surface area contributed by atoms with Gasteiger partial charge in [0, 0.05) is 37.1 Å². The second-order valence-corrected chi connectivity index (χ2v) is 5.80. The van der Waals surface area contributed by atoms with Crippen LogP contribution in [0.4, 0.5) is 19.0 Å². The summed E-state index contributed by atoms with van der Waals surface area (Å²) in [7, 11) is 1.82. The molecule has 0 unspecified atom stereocenters. The van der Waals surface area contributed by atoms with E-state index in [1.54, 1.807) is 22.9 Å². The summed E-state index contributed by atoms with van der Waals surface area (Å²) < 4.78 is 41.3. The van der Waals surface area contributed by atoms with Crippen LogP contribution in [0.5, 0.6) is 0 Å². The van der Waals surface area contributed by atoms with E-state index in [2.05, 4.69) is 25.4 Å². The topological polar surface area (TPSA) is 68.5 Å². The maximum atomic E-state index is 13.2. The molecule has 0 amide bonds. The van der Waals surface area contributed by atoms with Gasteiger partial charge >= 0.3 is 6.18 Å². The predicted octanol–water partition coefficient (Wildman–Crippen LogP) is 3.52. The Morgan fingerprint density at radius 1 is 1.15 bits per heavy atom. The van der Waals surface area contributed by atoms with E-state index < -0.39 is 11.9 Å². The number of alkyl halides is 3. The molecule has 0 aliphatic carbocycles. The zero-order valence-electron chi connectivity index (χ0n) is 14.5. The Hall–Kier alpha value is -2.97. The van der Waals surface area contributed by atoms with Gasteiger partial charge in [-0.1, -0.05) is 6.07 Å². The Bertz CT molecular complexity index is 918. The minimum Gasteiger partial charge on any atom is -0.366 e. The molecule has 0 spiro atoms. The molecule has 0 radical (unpaired) electrons. The summed E-state index contributed by atoms with van der Waals surface area (Å²) in [6.07, 6.45) is -3.10. The third-order valence-corrected chi connectivity index (χ3v) is 4.02. The third kappa shape index (κ3) is 3.66. The molecule has 3 rings (SSSR count). The zero-order valence-corrected chi connectivity index (χ0v) is 14.5. The fourth-order valence-electron chi connectivity index (χ4n) is 2.54. The summed E-state index contributed by atoms with van der Waals surface area (Å²) in [6, 6.07) is 5.80. The van der Waals surface area contributed by atoms with Gasteiger partial charge in [-0.05, 0) is 26.0 Å². The first-order chi connectivity index (χ1) is 12.3. The van der Waals surface area contributed by atoms with E-state index in [1.807, 2.05) is 20.9 Å². The van der Waals surface area contributed by atoms with Gasteiger partial charge in [0.2, 0.25) is 0 Å². The van der Waals surface area contributed by atoms with Gasteiger partial charge in [0.05, 0.1) is 5.69 Å². The normalized spacial score (nSPS) is 11.6. The Labute approximate surface area is 148 Å². The van der Waals surface area contributed by atoms with E-state index in [9.17, 15) is 13.2 Å². The summed E-state index contributed by atoms with van der Waals surface area (Å²) >= 11 is 0. The van der Waals surface area contributed by atoms with Crippen molar-refractivity contribution in [3.05, 3.63) is 53.1 Å². The van der Waals surface area contributed by atoms with Gasteiger partial charge in [-0.25, -0.2) is 9.97 Å². The van der Waals surface area contributed by atoms with E-state index in [-0.39, 0.29) is 17.3 Å². The van der Waals surface area contributed by atoms with Crippen molar-refractivity contribution in [3.63, 3.8) is 0 Å². The number of hydrogen-bond acceptors (Lipinski definition) is 5. The number of nitrogens with zero attached hydrogens (tertiary/aromatic N) is 5. The largest absolute Gasteiger partial charge is 0.433 e. The van der Waals surface area contributed by atoms with Crippen molar-refractivity contribution < 1.29 is 13.2 Å². The molecule has 3 aromatic heterocycles. The summed E-state index contributed by atoms with van der Waals surface area (Å²) in [5.74, 6) is -0.00168. The number of nitrogens with one attached hydrogen (secondary N) is 1. The van der Waals surface area contributed by atoms with Crippen LogP contribution in [0.15, 0.2) is 30.5 Å². The van der Waals surface area contributed by atoms with Gasteiger partial charge in [-0.2, -0.15) is 18.3 Å². The van der Waals surface area contributed by atoms with Crippen LogP contribution in [0.1, 0.15) is 22.6 Å². The van der Waals surface area contributed by atoms with Crippen molar-refractivity contribution in [1.82, 2.24) is 24.7 Å². The molecule has 0 aromatic carbocycles. The molecule has 0 bridgehead atoms. The standard InChI is InChI=1S/C17H17F3N6/c1-10-12(11(2)26(3)25-10)9-22-15-8-14(17(18,19)20)23-16(24-15)13-6-4-5-7-21-13/h4-8H,9H2,1-3H3,(H,22,23,24). The lowest BCUT2D eigenvalue weighted by Gasteiger charge is -2.12. The van der Waals surface area contributed by atoms with Crippen LogP contribution in [0.25, 0.3) is 11.5 Å². The van der Waals surface area contributed by atoms with E-state index in [4.69, 9.17) is 0 Å². The fraction of sp³-hybridized carbons (Fsp3) is 0.294. The Morgan fingerprint density at radius 3 is 2.50 bits per heavy atom. The van der Waals surface area contributed by atoms with Crippen LogP contribution in [0, 0.1) is 13.8 Å². The minimum atomic E-state index is -4.58. The van der Waals surface area contributed by atoms with Crippen LogP contribution in [-0.4, -0.2) is 24.7 Å². The monoisotopic (exact) mass is 362 g/mol. The second-order valence-electron chi connectivity index (χ2n) is 5.80. The molecule has 3 heterocycles. The first-order valence-electron chi connectivity index (χ1n) is 7.86. The van der Waals surface area contributed by atoms with Crippen molar-refractivity contribution >= 4 is 5.82 Å². The number of aryl methyl sites for hydroxylation is 2. The molecule has 1 N–H and O–H groups in total. The predicted molar refractivity (Wildman–Crippen MR) is 90.3 cm³/mol. The highest BCUT2D eigenvalue weighted by Gasteiger charge is 2.34. The van der Waals surface area contributed by atoms with Gasteiger partial charge in [0.25, 0.3) is 0 Å². The van der Waals surface area contributed by atoms with E-state index in [1.165, 1.54) is 6.20 Å². The molecule has 3 aromatic rings. The van der Waals surface area contributed by atoms with Crippen LogP contribution in [0.2, 0.25) is 0 Å². The van der Waals surface area contributed by atoms with Gasteiger partial charge in [-0.3, -0.25) is 9.67 Å². The van der Waals surface area contributed by atoms with E-state index in [0.717, 1.165) is 23.0 Å². The van der Waals surface area contributed by atoms with Crippen LogP contribution in [0.3, 0.4) is 0 Å². The Morgan fingerprint density at radius 2 is 1.92 bits per heavy atom. The third-order valence-electron chi connectivity index (χ3n) is 4.02. The Balaban J connectivity index is 1.96. The molecular weight excluding hydrogens is 345 g/mol. The number of aromatic nitrogens is 5. The van der Waals surface area contributed by atoms with E-state index in [0.29, 0.717) is 6.54 Å². The Kier molecular flexibility index (Phi) is 4.62. The van der Waals surface area contributed by atoms with Crippen LogP contribution in [-0.2, 0) is 19.8 Å². The summed E-state index contributed by atoms with van der Waals surface area (Å²) in [5, 5.41) is 7.25. The highest BCUT2D eigenvalue weighted by molar-refractivity contribution is 5.53. The number of anilines is 1. The molecule has 6 nitrogen and oxygen atoms in total. The van der Waals surface area contributed by atoms with Gasteiger partial charge in [-0.15, -0.1) is 0 Å². The molecule has 9 heteroatoms. The lowest BCUT2D eigenvalue weighted by Crippen LogP contribution is -2.12. The number of hydrogen-bond donors (Lipinski definition) is 1. The second kappa shape index (κ2) is 6.74. The van der Waals surface area contributed by atoms with E-state index >= 15 is 0 Å². The first kappa shape index (κ1) is 17.8. The summed E-state index contributed by atoms with van der Waals surface area (Å²) in [4.78, 5) is 11.8. The van der Waals surface area contributed by atoms with Crippen LogP contribution >= 0.6 is 0 Å². The zero-order chi connectivity index (χ0) is 18.9. The first-order valence-corrected chi connectivity index (χ1v) is 7.86. The van der Waals surface area contributed by atoms with Crippen molar-refractivity contribution in [2.75, 3.05) is 5.32 Å². The highest BCUT2D eigenvalue weighted by atomic mass is 19.4. The number of rotatable bonds is 4. The van der Waals surface area contributed by atoms with Gasteiger partial charge in [0.1, 0.15) is 11.5 Å². The number of halogens is 3. The molecule has 0 atom stereocenters.